The summed E-state index contributed by atoms with van der Waals surface area (Å²) < 4.78 is 0. The van der Waals surface area contributed by atoms with Gasteiger partial charge in [0.25, 0.3) is 0 Å². The van der Waals surface area contributed by atoms with Crippen molar-refractivity contribution in [2.24, 2.45) is 0 Å². The Kier molecular flexibility index (Phi) is 5.13. The minimum atomic E-state index is -1.01. The molecule has 2 atom stereocenters. The Morgan fingerprint density at radius 3 is 2.71 bits per heavy atom. The highest BCUT2D eigenvalue weighted by Gasteiger charge is 2.24. The number of aliphatic hydroxyl groups is 1. The SMILES string of the molecule is Cc1nc(CNC(=O)NC2CCCCC2O)sc1C(=O)O. The lowest BCUT2D eigenvalue weighted by Gasteiger charge is -2.28. The zero-order chi connectivity index (χ0) is 15.4. The Balaban J connectivity index is 1.83. The van der Waals surface area contributed by atoms with Crippen molar-refractivity contribution in [3.8, 4) is 0 Å². The van der Waals surface area contributed by atoms with Crippen molar-refractivity contribution in [3.63, 3.8) is 0 Å². The maximum atomic E-state index is 11.8. The van der Waals surface area contributed by atoms with Gasteiger partial charge in [-0.05, 0) is 19.8 Å². The summed E-state index contributed by atoms with van der Waals surface area (Å²) >= 11 is 1.05. The van der Waals surface area contributed by atoms with Crippen LogP contribution in [-0.2, 0) is 6.54 Å². The van der Waals surface area contributed by atoms with Crippen LogP contribution in [0, 0.1) is 6.92 Å². The number of amides is 2. The molecule has 7 nitrogen and oxygen atoms in total. The second-order valence-corrected chi connectivity index (χ2v) is 6.20. The van der Waals surface area contributed by atoms with E-state index in [1.165, 1.54) is 0 Å². The van der Waals surface area contributed by atoms with Gasteiger partial charge in [-0.3, -0.25) is 0 Å². The van der Waals surface area contributed by atoms with Crippen LogP contribution >= 0.6 is 11.3 Å². The van der Waals surface area contributed by atoms with Crippen LogP contribution in [0.5, 0.6) is 0 Å². The Hall–Kier alpha value is -1.67. The molecule has 1 aliphatic carbocycles. The smallest absolute Gasteiger partial charge is 0.347 e. The highest BCUT2D eigenvalue weighted by Crippen LogP contribution is 2.19. The van der Waals surface area contributed by atoms with Crippen molar-refractivity contribution in [2.45, 2.75) is 51.3 Å². The molecule has 116 valence electrons. The average Bonchev–Trinajstić information content (AvgIpc) is 2.80. The standard InChI is InChI=1S/C13H19N3O4S/c1-7-11(12(18)19)21-10(15-7)6-14-13(20)16-8-4-2-3-5-9(8)17/h8-9,17H,2-6H2,1H3,(H,18,19)(H2,14,16,20). The maximum Gasteiger partial charge on any atom is 0.347 e. The molecule has 1 aromatic rings. The molecule has 1 aromatic heterocycles. The van der Waals surface area contributed by atoms with Crippen LogP contribution in [0.4, 0.5) is 4.79 Å². The second kappa shape index (κ2) is 6.86. The lowest BCUT2D eigenvalue weighted by atomic mass is 9.93. The number of carboxylic acid groups (broad SMARTS) is 1. The normalized spacial score (nSPS) is 21.8. The van der Waals surface area contributed by atoms with Gasteiger partial charge >= 0.3 is 12.0 Å². The van der Waals surface area contributed by atoms with E-state index in [4.69, 9.17) is 5.11 Å². The number of carboxylic acids is 1. The van der Waals surface area contributed by atoms with Crippen molar-refractivity contribution in [1.29, 1.82) is 0 Å². The fraction of sp³-hybridized carbons (Fsp3) is 0.615. The Bertz CT molecular complexity index is 531. The van der Waals surface area contributed by atoms with Crippen molar-refractivity contribution >= 4 is 23.3 Å². The number of hydrogen-bond acceptors (Lipinski definition) is 5. The molecular weight excluding hydrogens is 294 g/mol. The molecule has 0 bridgehead atoms. The van der Waals surface area contributed by atoms with Gasteiger partial charge in [0.05, 0.1) is 24.4 Å². The molecule has 2 amide bonds. The van der Waals surface area contributed by atoms with Crippen LogP contribution in [0.15, 0.2) is 0 Å². The number of aromatic carboxylic acids is 1. The van der Waals surface area contributed by atoms with E-state index in [1.54, 1.807) is 6.92 Å². The van der Waals surface area contributed by atoms with Gasteiger partial charge in [-0.1, -0.05) is 12.8 Å². The molecule has 21 heavy (non-hydrogen) atoms. The molecule has 2 unspecified atom stereocenters. The number of aromatic nitrogens is 1. The van der Waals surface area contributed by atoms with E-state index in [0.717, 1.165) is 30.6 Å². The number of rotatable bonds is 4. The Labute approximate surface area is 126 Å². The van der Waals surface area contributed by atoms with Crippen molar-refractivity contribution in [2.75, 3.05) is 0 Å². The van der Waals surface area contributed by atoms with Gasteiger partial charge in [0.2, 0.25) is 0 Å². The number of carbonyl (C=O) groups excluding carboxylic acids is 1. The first-order chi connectivity index (χ1) is 9.97. The summed E-state index contributed by atoms with van der Waals surface area (Å²) in [5, 5.41) is 24.7. The highest BCUT2D eigenvalue weighted by molar-refractivity contribution is 7.13. The van der Waals surface area contributed by atoms with Crippen LogP contribution in [0.25, 0.3) is 0 Å². The predicted octanol–water partition coefficient (Wildman–Crippen LogP) is 1.25. The van der Waals surface area contributed by atoms with E-state index in [2.05, 4.69) is 15.6 Å². The topological polar surface area (TPSA) is 112 Å². The number of hydrogen-bond donors (Lipinski definition) is 4. The summed E-state index contributed by atoms with van der Waals surface area (Å²) in [4.78, 5) is 27.0. The van der Waals surface area contributed by atoms with Crippen LogP contribution in [0.2, 0.25) is 0 Å². The zero-order valence-corrected chi connectivity index (χ0v) is 12.6. The molecule has 8 heteroatoms. The van der Waals surface area contributed by atoms with E-state index in [1.807, 2.05) is 0 Å². The first-order valence-corrected chi connectivity index (χ1v) is 7.71. The lowest BCUT2D eigenvalue weighted by molar-refractivity contribution is 0.0701. The summed E-state index contributed by atoms with van der Waals surface area (Å²) in [6, 6.07) is -0.586. The van der Waals surface area contributed by atoms with Gasteiger partial charge in [-0.15, -0.1) is 11.3 Å². The van der Waals surface area contributed by atoms with E-state index in [9.17, 15) is 14.7 Å². The first-order valence-electron chi connectivity index (χ1n) is 6.89. The summed E-state index contributed by atoms with van der Waals surface area (Å²) in [6.07, 6.45) is 2.96. The molecule has 0 spiro atoms. The van der Waals surface area contributed by atoms with Crippen molar-refractivity contribution < 1.29 is 19.8 Å². The summed E-state index contributed by atoms with van der Waals surface area (Å²) in [5.41, 5.74) is 0.451. The van der Waals surface area contributed by atoms with Gasteiger partial charge in [-0.25, -0.2) is 14.6 Å². The number of aliphatic hydroxyl groups excluding tert-OH is 1. The van der Waals surface area contributed by atoms with Crippen LogP contribution in [0.3, 0.4) is 0 Å². The van der Waals surface area contributed by atoms with Crippen molar-refractivity contribution in [1.82, 2.24) is 15.6 Å². The van der Waals surface area contributed by atoms with Crippen molar-refractivity contribution in [3.05, 3.63) is 15.6 Å². The Morgan fingerprint density at radius 2 is 2.10 bits per heavy atom. The third-order valence-electron chi connectivity index (χ3n) is 3.48. The minimum Gasteiger partial charge on any atom is -0.477 e. The third-order valence-corrected chi connectivity index (χ3v) is 4.63. The molecule has 0 radical (unpaired) electrons. The summed E-state index contributed by atoms with van der Waals surface area (Å²) in [5.74, 6) is -1.01. The molecule has 2 rings (SSSR count). The summed E-state index contributed by atoms with van der Waals surface area (Å²) in [6.45, 7) is 1.80. The zero-order valence-electron chi connectivity index (χ0n) is 11.8. The molecule has 1 saturated carbocycles. The van der Waals surface area contributed by atoms with Gasteiger partial charge in [0.15, 0.2) is 0 Å². The number of nitrogens with one attached hydrogen (secondary N) is 2. The van der Waals surface area contributed by atoms with E-state index < -0.39 is 12.1 Å². The quantitative estimate of drug-likeness (QED) is 0.668. The minimum absolute atomic E-state index is 0.174. The fourth-order valence-electron chi connectivity index (χ4n) is 2.38. The molecule has 0 aromatic carbocycles. The first kappa shape index (κ1) is 15.7. The molecule has 1 fully saturated rings. The lowest BCUT2D eigenvalue weighted by Crippen LogP contribution is -2.48. The predicted molar refractivity (Wildman–Crippen MR) is 77.4 cm³/mol. The molecule has 0 aliphatic heterocycles. The van der Waals surface area contributed by atoms with Crippen LogP contribution < -0.4 is 10.6 Å². The largest absolute Gasteiger partial charge is 0.477 e. The molecule has 1 heterocycles. The van der Waals surface area contributed by atoms with E-state index in [0.29, 0.717) is 17.1 Å². The van der Waals surface area contributed by atoms with Crippen LogP contribution in [-0.4, -0.2) is 39.3 Å². The maximum absolute atomic E-state index is 11.8. The van der Waals surface area contributed by atoms with Crippen LogP contribution in [0.1, 0.15) is 46.1 Å². The van der Waals surface area contributed by atoms with Gasteiger partial charge in [0.1, 0.15) is 9.88 Å². The third kappa shape index (κ3) is 4.15. The number of nitrogens with zero attached hydrogens (tertiary/aromatic N) is 1. The number of urea groups is 1. The molecule has 0 saturated heterocycles. The van der Waals surface area contributed by atoms with E-state index >= 15 is 0 Å². The number of aryl methyl sites for hydroxylation is 1. The van der Waals surface area contributed by atoms with Gasteiger partial charge < -0.3 is 20.8 Å². The number of thiazole rings is 1. The fourth-order valence-corrected chi connectivity index (χ4v) is 3.22. The average molecular weight is 313 g/mol. The molecule has 4 N–H and O–H groups in total. The van der Waals surface area contributed by atoms with Gasteiger partial charge in [0, 0.05) is 0 Å². The number of carbonyl (C=O) groups is 2. The highest BCUT2D eigenvalue weighted by atomic mass is 32.1. The van der Waals surface area contributed by atoms with Gasteiger partial charge in [-0.2, -0.15) is 0 Å². The van der Waals surface area contributed by atoms with E-state index in [-0.39, 0.29) is 23.5 Å². The second-order valence-electron chi connectivity index (χ2n) is 5.11. The Morgan fingerprint density at radius 1 is 1.38 bits per heavy atom. The monoisotopic (exact) mass is 313 g/mol. The summed E-state index contributed by atoms with van der Waals surface area (Å²) in [7, 11) is 0. The molecular formula is C13H19N3O4S. The molecule has 1 aliphatic rings.